The van der Waals surface area contributed by atoms with Crippen molar-refractivity contribution in [3.63, 3.8) is 0 Å². The molecule has 0 aromatic rings. The minimum absolute atomic E-state index is 0.0706. The highest BCUT2D eigenvalue weighted by molar-refractivity contribution is 9.10. The Morgan fingerprint density at radius 3 is 2.93 bits per heavy atom. The van der Waals surface area contributed by atoms with Gasteiger partial charge in [0.1, 0.15) is 4.45 Å². The van der Waals surface area contributed by atoms with Crippen LogP contribution in [0, 0.1) is 5.92 Å². The minimum atomic E-state index is -0.466. The lowest BCUT2D eigenvalue weighted by molar-refractivity contribution is -0.124. The number of halogens is 1. The second kappa shape index (κ2) is 4.13. The number of carbonyl (C=O) groups is 2. The van der Waals surface area contributed by atoms with Crippen LogP contribution in [0.5, 0.6) is 0 Å². The van der Waals surface area contributed by atoms with Crippen LogP contribution in [0.15, 0.2) is 11.6 Å². The molecule has 0 fully saturated rings. The topological polar surface area (TPSA) is 58.2 Å². The van der Waals surface area contributed by atoms with Crippen molar-refractivity contribution < 1.29 is 9.59 Å². The Balaban J connectivity index is 2.78. The Morgan fingerprint density at radius 1 is 1.79 bits per heavy atom. The van der Waals surface area contributed by atoms with Crippen LogP contribution in [0.1, 0.15) is 13.8 Å². The van der Waals surface area contributed by atoms with E-state index in [0.29, 0.717) is 13.0 Å². The molecule has 0 saturated carbocycles. The first-order valence-electron chi connectivity index (χ1n) is 4.33. The Hall–Kier alpha value is -0.840. The van der Waals surface area contributed by atoms with Gasteiger partial charge in [-0.25, -0.2) is 0 Å². The molecule has 4 nitrogen and oxygen atoms in total. The Morgan fingerprint density at radius 2 is 2.43 bits per heavy atom. The number of hydrogen-bond acceptors (Lipinski definition) is 2. The first kappa shape index (κ1) is 11.2. The van der Waals surface area contributed by atoms with Crippen LogP contribution in [0.25, 0.3) is 0 Å². The molecule has 78 valence electrons. The number of hydrogen-bond donors (Lipinski definition) is 2. The molecule has 0 aromatic carbocycles. The van der Waals surface area contributed by atoms with Gasteiger partial charge >= 0.3 is 0 Å². The second-order valence-electron chi connectivity index (χ2n) is 3.53. The molecular formula is C9H13BrN2O2. The van der Waals surface area contributed by atoms with Crippen LogP contribution in [0.4, 0.5) is 0 Å². The molecule has 2 N–H and O–H groups in total. The SMILES string of the molecule is CC1=CC(C)(Br)NC(=O)C1CNC=O. The predicted octanol–water partition coefficient (Wildman–Crippen LogP) is 0.536. The van der Waals surface area contributed by atoms with Gasteiger partial charge in [-0.1, -0.05) is 21.5 Å². The standard InChI is InChI=1S/C9H13BrN2O2/c1-6-3-9(2,10)12-8(14)7(6)4-11-5-13/h3,5,7H,4H2,1-2H3,(H,11,13)(H,12,14). The van der Waals surface area contributed by atoms with Gasteiger partial charge in [-0.3, -0.25) is 9.59 Å². The maximum Gasteiger partial charge on any atom is 0.230 e. The lowest BCUT2D eigenvalue weighted by atomic mass is 9.94. The van der Waals surface area contributed by atoms with Gasteiger partial charge in [-0.2, -0.15) is 0 Å². The summed E-state index contributed by atoms with van der Waals surface area (Å²) < 4.78 is -0.466. The maximum atomic E-state index is 11.6. The van der Waals surface area contributed by atoms with E-state index in [-0.39, 0.29) is 11.8 Å². The zero-order chi connectivity index (χ0) is 10.8. The van der Waals surface area contributed by atoms with Crippen molar-refractivity contribution in [2.75, 3.05) is 6.54 Å². The molecule has 0 aliphatic carbocycles. The molecule has 0 radical (unpaired) electrons. The summed E-state index contributed by atoms with van der Waals surface area (Å²) in [6.45, 7) is 4.09. The quantitative estimate of drug-likeness (QED) is 0.337. The lowest BCUT2D eigenvalue weighted by Crippen LogP contribution is -2.49. The molecule has 2 atom stereocenters. The fourth-order valence-electron chi connectivity index (χ4n) is 1.52. The lowest BCUT2D eigenvalue weighted by Gasteiger charge is -2.31. The predicted molar refractivity (Wildman–Crippen MR) is 56.8 cm³/mol. The highest BCUT2D eigenvalue weighted by atomic mass is 79.9. The second-order valence-corrected chi connectivity index (χ2v) is 5.18. The van der Waals surface area contributed by atoms with Crippen LogP contribution in [-0.2, 0) is 9.59 Å². The molecule has 1 aliphatic heterocycles. The molecule has 1 heterocycles. The van der Waals surface area contributed by atoms with E-state index in [2.05, 4.69) is 26.6 Å². The van der Waals surface area contributed by atoms with Crippen molar-refractivity contribution in [3.05, 3.63) is 11.6 Å². The smallest absolute Gasteiger partial charge is 0.230 e. The highest BCUT2D eigenvalue weighted by Gasteiger charge is 2.32. The number of rotatable bonds is 3. The minimum Gasteiger partial charge on any atom is -0.358 e. The summed E-state index contributed by atoms with van der Waals surface area (Å²) in [5.74, 6) is -0.329. The fraction of sp³-hybridized carbons (Fsp3) is 0.556. The largest absolute Gasteiger partial charge is 0.358 e. The molecule has 0 bridgehead atoms. The van der Waals surface area contributed by atoms with Gasteiger partial charge in [0.15, 0.2) is 0 Å². The van der Waals surface area contributed by atoms with E-state index in [1.807, 2.05) is 19.9 Å². The average molecular weight is 261 g/mol. The first-order chi connectivity index (χ1) is 6.46. The van der Waals surface area contributed by atoms with Gasteiger partial charge in [0.2, 0.25) is 12.3 Å². The average Bonchev–Trinajstić information content (AvgIpc) is 2.00. The third-order valence-corrected chi connectivity index (χ3v) is 2.56. The molecule has 1 rings (SSSR count). The molecule has 0 aromatic heterocycles. The molecule has 0 saturated heterocycles. The monoisotopic (exact) mass is 260 g/mol. The molecule has 0 spiro atoms. The van der Waals surface area contributed by atoms with E-state index in [4.69, 9.17) is 0 Å². The molecule has 5 heteroatoms. The molecule has 14 heavy (non-hydrogen) atoms. The van der Waals surface area contributed by atoms with Gasteiger partial charge in [0.25, 0.3) is 0 Å². The van der Waals surface area contributed by atoms with Crippen molar-refractivity contribution in [1.29, 1.82) is 0 Å². The number of nitrogens with one attached hydrogen (secondary N) is 2. The van der Waals surface area contributed by atoms with E-state index in [9.17, 15) is 9.59 Å². The maximum absolute atomic E-state index is 11.6. The summed E-state index contributed by atoms with van der Waals surface area (Å²) in [4.78, 5) is 21.7. The Kier molecular flexibility index (Phi) is 3.31. The van der Waals surface area contributed by atoms with E-state index in [0.717, 1.165) is 5.57 Å². The van der Waals surface area contributed by atoms with Gasteiger partial charge in [0, 0.05) is 6.54 Å². The highest BCUT2D eigenvalue weighted by Crippen LogP contribution is 2.26. The summed E-state index contributed by atoms with van der Waals surface area (Å²) in [7, 11) is 0. The van der Waals surface area contributed by atoms with E-state index >= 15 is 0 Å². The molecule has 2 unspecified atom stereocenters. The normalized spacial score (nSPS) is 31.8. The first-order valence-corrected chi connectivity index (χ1v) is 5.13. The van der Waals surface area contributed by atoms with Crippen molar-refractivity contribution in [2.24, 2.45) is 5.92 Å². The van der Waals surface area contributed by atoms with Gasteiger partial charge < -0.3 is 10.6 Å². The van der Waals surface area contributed by atoms with Gasteiger partial charge in [-0.15, -0.1) is 0 Å². The summed E-state index contributed by atoms with van der Waals surface area (Å²) in [5.41, 5.74) is 0.961. The molecule has 2 amide bonds. The number of alkyl halides is 1. The summed E-state index contributed by atoms with van der Waals surface area (Å²) in [6.07, 6.45) is 2.54. The molecule has 1 aliphatic rings. The third-order valence-electron chi connectivity index (χ3n) is 2.14. The van der Waals surface area contributed by atoms with Crippen molar-refractivity contribution in [2.45, 2.75) is 18.3 Å². The fourth-order valence-corrected chi connectivity index (χ4v) is 2.08. The van der Waals surface area contributed by atoms with Crippen LogP contribution < -0.4 is 10.6 Å². The van der Waals surface area contributed by atoms with Gasteiger partial charge in [-0.05, 0) is 19.9 Å². The van der Waals surface area contributed by atoms with Crippen LogP contribution in [0.3, 0.4) is 0 Å². The van der Waals surface area contributed by atoms with Crippen LogP contribution >= 0.6 is 15.9 Å². The summed E-state index contributed by atoms with van der Waals surface area (Å²) in [5, 5.41) is 5.30. The summed E-state index contributed by atoms with van der Waals surface area (Å²) in [6, 6.07) is 0. The third kappa shape index (κ3) is 2.57. The zero-order valence-corrected chi connectivity index (χ0v) is 9.72. The van der Waals surface area contributed by atoms with Gasteiger partial charge in [0.05, 0.1) is 5.92 Å². The Labute approximate surface area is 91.3 Å². The van der Waals surface area contributed by atoms with E-state index in [1.165, 1.54) is 0 Å². The van der Waals surface area contributed by atoms with Crippen LogP contribution in [0.2, 0.25) is 0 Å². The van der Waals surface area contributed by atoms with Crippen molar-refractivity contribution >= 4 is 28.2 Å². The van der Waals surface area contributed by atoms with E-state index in [1.54, 1.807) is 0 Å². The molecular weight excluding hydrogens is 248 g/mol. The van der Waals surface area contributed by atoms with Crippen molar-refractivity contribution in [3.8, 4) is 0 Å². The number of amides is 2. The number of carbonyl (C=O) groups excluding carboxylic acids is 2. The Bertz CT molecular complexity index is 287. The van der Waals surface area contributed by atoms with Crippen LogP contribution in [-0.4, -0.2) is 23.3 Å². The zero-order valence-electron chi connectivity index (χ0n) is 8.13. The van der Waals surface area contributed by atoms with E-state index < -0.39 is 4.45 Å². The van der Waals surface area contributed by atoms with Crippen molar-refractivity contribution in [1.82, 2.24) is 10.6 Å². The summed E-state index contributed by atoms with van der Waals surface area (Å²) >= 11 is 3.37.